The van der Waals surface area contributed by atoms with Crippen molar-refractivity contribution in [1.82, 2.24) is 4.98 Å². The van der Waals surface area contributed by atoms with Gasteiger partial charge in [-0.1, -0.05) is 12.1 Å². The van der Waals surface area contributed by atoms with Crippen LogP contribution in [-0.4, -0.2) is 12.1 Å². The van der Waals surface area contributed by atoms with Gasteiger partial charge in [-0.15, -0.1) is 0 Å². The molecule has 2 rings (SSSR count). The molecule has 0 fully saturated rings. The van der Waals surface area contributed by atoms with Crippen molar-refractivity contribution in [2.75, 3.05) is 7.11 Å². The summed E-state index contributed by atoms with van der Waals surface area (Å²) in [6, 6.07) is 11.2. The van der Waals surface area contributed by atoms with Crippen LogP contribution >= 0.6 is 0 Å². The first-order valence-electron chi connectivity index (χ1n) is 6.12. The quantitative estimate of drug-likeness (QED) is 0.897. The van der Waals surface area contributed by atoms with Crippen LogP contribution in [0.3, 0.4) is 0 Å². The molecule has 5 heteroatoms. The maximum Gasteiger partial charge on any atom is 0.161 e. The van der Waals surface area contributed by atoms with Gasteiger partial charge in [0.25, 0.3) is 0 Å². The minimum Gasteiger partial charge on any atom is -0.493 e. The van der Waals surface area contributed by atoms with Gasteiger partial charge in [0.1, 0.15) is 18.4 Å². The summed E-state index contributed by atoms with van der Waals surface area (Å²) in [5.74, 6) is 1.23. The van der Waals surface area contributed by atoms with Gasteiger partial charge in [0.15, 0.2) is 11.5 Å². The fourth-order valence-electron chi connectivity index (χ4n) is 1.77. The monoisotopic (exact) mass is 269 g/mol. The Bertz CT molecular complexity index is 635. The summed E-state index contributed by atoms with van der Waals surface area (Å²) in [4.78, 5) is 3.99. The molecule has 0 aliphatic heterocycles. The van der Waals surface area contributed by atoms with E-state index >= 15 is 0 Å². The zero-order valence-corrected chi connectivity index (χ0v) is 11.2. The zero-order chi connectivity index (χ0) is 14.4. The zero-order valence-electron chi connectivity index (χ0n) is 11.2. The Morgan fingerprint density at radius 1 is 1.30 bits per heavy atom. The third-order valence-corrected chi connectivity index (χ3v) is 2.84. The van der Waals surface area contributed by atoms with Crippen molar-refractivity contribution < 1.29 is 9.47 Å². The van der Waals surface area contributed by atoms with Crippen molar-refractivity contribution in [1.29, 1.82) is 5.26 Å². The number of hydrogen-bond donors (Lipinski definition) is 1. The Hall–Kier alpha value is -2.58. The maximum atomic E-state index is 8.99. The largest absolute Gasteiger partial charge is 0.493 e. The molecule has 0 spiro atoms. The summed E-state index contributed by atoms with van der Waals surface area (Å²) in [7, 11) is 1.58. The number of aromatic nitrogens is 1. The molecule has 0 aliphatic rings. The predicted octanol–water partition coefficient (Wildman–Crippen LogP) is 2.00. The Balaban J connectivity index is 2.20. The predicted molar refractivity (Wildman–Crippen MR) is 74.2 cm³/mol. The van der Waals surface area contributed by atoms with Gasteiger partial charge in [-0.25, -0.2) is 4.98 Å². The summed E-state index contributed by atoms with van der Waals surface area (Å²) in [5.41, 5.74) is 7.66. The molecular formula is C15H15N3O2. The third-order valence-electron chi connectivity index (χ3n) is 2.84. The third kappa shape index (κ3) is 3.05. The second-order valence-electron chi connectivity index (χ2n) is 4.10. The molecule has 0 unspecified atom stereocenters. The maximum absolute atomic E-state index is 8.99. The van der Waals surface area contributed by atoms with Gasteiger partial charge in [0.05, 0.1) is 7.11 Å². The van der Waals surface area contributed by atoms with E-state index in [9.17, 15) is 0 Å². The molecule has 0 aliphatic carbocycles. The molecule has 2 N–H and O–H groups in total. The highest BCUT2D eigenvalue weighted by atomic mass is 16.5. The summed E-state index contributed by atoms with van der Waals surface area (Å²) in [6.07, 6.45) is 1.58. The van der Waals surface area contributed by atoms with E-state index in [1.54, 1.807) is 19.4 Å². The number of pyridine rings is 1. The van der Waals surface area contributed by atoms with E-state index in [1.807, 2.05) is 30.3 Å². The topological polar surface area (TPSA) is 81.2 Å². The van der Waals surface area contributed by atoms with E-state index in [1.165, 1.54) is 0 Å². The van der Waals surface area contributed by atoms with Crippen LogP contribution in [0.25, 0.3) is 0 Å². The smallest absolute Gasteiger partial charge is 0.161 e. The second kappa shape index (κ2) is 6.55. The minimum absolute atomic E-state index is 0.251. The summed E-state index contributed by atoms with van der Waals surface area (Å²) < 4.78 is 11.0. The Morgan fingerprint density at radius 2 is 2.15 bits per heavy atom. The molecule has 0 atom stereocenters. The van der Waals surface area contributed by atoms with Crippen LogP contribution < -0.4 is 15.2 Å². The number of nitriles is 1. The van der Waals surface area contributed by atoms with Gasteiger partial charge in [0, 0.05) is 18.3 Å². The van der Waals surface area contributed by atoms with Crippen LogP contribution in [0, 0.1) is 11.3 Å². The van der Waals surface area contributed by atoms with E-state index in [4.69, 9.17) is 20.5 Å². The van der Waals surface area contributed by atoms with E-state index in [0.717, 1.165) is 11.1 Å². The van der Waals surface area contributed by atoms with E-state index in [0.29, 0.717) is 23.7 Å². The Morgan fingerprint density at radius 3 is 2.85 bits per heavy atom. The SMILES string of the molecule is COc1ccc(CN)cc1OCc1cccnc1C#N. The first-order valence-corrected chi connectivity index (χ1v) is 6.12. The van der Waals surface area contributed by atoms with Gasteiger partial charge in [-0.2, -0.15) is 5.26 Å². The lowest BCUT2D eigenvalue weighted by Gasteiger charge is -2.12. The number of nitrogens with zero attached hydrogens (tertiary/aromatic N) is 2. The molecule has 2 aromatic rings. The average Bonchev–Trinajstić information content (AvgIpc) is 2.52. The molecular weight excluding hydrogens is 254 g/mol. The first-order chi connectivity index (χ1) is 9.78. The number of rotatable bonds is 5. The van der Waals surface area contributed by atoms with Gasteiger partial charge >= 0.3 is 0 Å². The number of ether oxygens (including phenoxy) is 2. The molecule has 0 bridgehead atoms. The molecule has 5 nitrogen and oxygen atoms in total. The summed E-state index contributed by atoms with van der Waals surface area (Å²) >= 11 is 0. The molecule has 1 aromatic heterocycles. The molecule has 0 amide bonds. The highest BCUT2D eigenvalue weighted by molar-refractivity contribution is 5.43. The number of benzene rings is 1. The molecule has 0 radical (unpaired) electrons. The Labute approximate surface area is 117 Å². The van der Waals surface area contributed by atoms with Crippen LogP contribution in [0.2, 0.25) is 0 Å². The van der Waals surface area contributed by atoms with Crippen molar-refractivity contribution in [2.24, 2.45) is 5.73 Å². The van der Waals surface area contributed by atoms with Crippen molar-refractivity contribution >= 4 is 0 Å². The molecule has 0 saturated heterocycles. The highest BCUT2D eigenvalue weighted by Crippen LogP contribution is 2.28. The average molecular weight is 269 g/mol. The van der Waals surface area contributed by atoms with Crippen molar-refractivity contribution in [3.63, 3.8) is 0 Å². The van der Waals surface area contributed by atoms with Gasteiger partial charge < -0.3 is 15.2 Å². The second-order valence-corrected chi connectivity index (χ2v) is 4.10. The Kier molecular flexibility index (Phi) is 4.53. The molecule has 1 heterocycles. The molecule has 102 valence electrons. The van der Waals surface area contributed by atoms with Gasteiger partial charge in [-0.05, 0) is 23.8 Å². The van der Waals surface area contributed by atoms with Crippen LogP contribution in [0.4, 0.5) is 0 Å². The number of nitrogens with two attached hydrogens (primary N) is 1. The van der Waals surface area contributed by atoms with Crippen molar-refractivity contribution in [2.45, 2.75) is 13.2 Å². The van der Waals surface area contributed by atoms with Gasteiger partial charge in [0.2, 0.25) is 0 Å². The van der Waals surface area contributed by atoms with E-state index < -0.39 is 0 Å². The highest BCUT2D eigenvalue weighted by Gasteiger charge is 2.08. The lowest BCUT2D eigenvalue weighted by atomic mass is 10.2. The fourth-order valence-corrected chi connectivity index (χ4v) is 1.77. The van der Waals surface area contributed by atoms with Crippen LogP contribution in [0.15, 0.2) is 36.5 Å². The first kappa shape index (κ1) is 13.8. The van der Waals surface area contributed by atoms with Gasteiger partial charge in [-0.3, -0.25) is 0 Å². The number of hydrogen-bond acceptors (Lipinski definition) is 5. The molecule has 20 heavy (non-hydrogen) atoms. The lowest BCUT2D eigenvalue weighted by Crippen LogP contribution is -2.03. The summed E-state index contributed by atoms with van der Waals surface area (Å²) in [6.45, 7) is 0.678. The lowest BCUT2D eigenvalue weighted by molar-refractivity contribution is 0.283. The summed E-state index contributed by atoms with van der Waals surface area (Å²) in [5, 5.41) is 8.99. The molecule has 0 saturated carbocycles. The van der Waals surface area contributed by atoms with Crippen molar-refractivity contribution in [3.8, 4) is 17.6 Å². The van der Waals surface area contributed by atoms with E-state index in [-0.39, 0.29) is 6.61 Å². The normalized spacial score (nSPS) is 9.85. The van der Waals surface area contributed by atoms with Crippen LogP contribution in [0.5, 0.6) is 11.5 Å². The minimum atomic E-state index is 0.251. The van der Waals surface area contributed by atoms with Crippen LogP contribution in [0.1, 0.15) is 16.8 Å². The molecule has 1 aromatic carbocycles. The fraction of sp³-hybridized carbons (Fsp3) is 0.200. The van der Waals surface area contributed by atoms with Crippen LogP contribution in [-0.2, 0) is 13.2 Å². The standard InChI is InChI=1S/C15H15N3O2/c1-19-14-5-4-11(8-16)7-15(14)20-10-12-3-2-6-18-13(12)9-17/h2-7H,8,10,16H2,1H3. The van der Waals surface area contributed by atoms with E-state index in [2.05, 4.69) is 4.98 Å². The number of methoxy groups -OCH3 is 1. The van der Waals surface area contributed by atoms with Crippen molar-refractivity contribution in [3.05, 3.63) is 53.3 Å².